The highest BCUT2D eigenvalue weighted by Crippen LogP contribution is 2.25. The molecule has 0 aliphatic carbocycles. The molecule has 1 aliphatic rings. The zero-order chi connectivity index (χ0) is 17.1. The Hall–Kier alpha value is -1.85. The van der Waals surface area contributed by atoms with Gasteiger partial charge in [0.05, 0.1) is 0 Å². The van der Waals surface area contributed by atoms with E-state index in [1.165, 1.54) is 0 Å². The lowest BCUT2D eigenvalue weighted by Gasteiger charge is -2.34. The van der Waals surface area contributed by atoms with E-state index in [9.17, 15) is 0 Å². The molecule has 5 nitrogen and oxygen atoms in total. The van der Waals surface area contributed by atoms with Crippen molar-refractivity contribution in [1.29, 1.82) is 0 Å². The first-order chi connectivity index (χ1) is 11.5. The van der Waals surface area contributed by atoms with E-state index in [1.54, 1.807) is 0 Å². The predicted molar refractivity (Wildman–Crippen MR) is 101 cm³/mol. The van der Waals surface area contributed by atoms with Crippen molar-refractivity contribution < 1.29 is 0 Å². The minimum atomic E-state index is 0.713. The third-order valence-electron chi connectivity index (χ3n) is 4.43. The number of hydrogen-bond acceptors (Lipinski definition) is 5. The fraction of sp³-hybridized carbons (Fsp3) is 0.444. The third-order valence-corrected chi connectivity index (χ3v) is 4.67. The molecule has 1 aromatic heterocycles. The number of benzene rings is 1. The third kappa shape index (κ3) is 3.97. The topological polar surface area (TPSA) is 44.3 Å². The van der Waals surface area contributed by atoms with Crippen LogP contribution in [0.3, 0.4) is 0 Å². The van der Waals surface area contributed by atoms with Crippen LogP contribution in [0.4, 0.5) is 17.3 Å². The molecule has 1 N–H and O–H groups in total. The predicted octanol–water partition coefficient (Wildman–Crippen LogP) is 3.63. The van der Waals surface area contributed by atoms with Gasteiger partial charge in [-0.05, 0) is 38.1 Å². The number of nitrogens with zero attached hydrogens (tertiary/aromatic N) is 4. The molecule has 0 saturated carbocycles. The Kier molecular flexibility index (Phi) is 5.21. The number of rotatable bonds is 4. The first-order valence-electron chi connectivity index (χ1n) is 8.41. The van der Waals surface area contributed by atoms with E-state index in [0.717, 1.165) is 61.4 Å². The van der Waals surface area contributed by atoms with E-state index in [4.69, 9.17) is 11.6 Å². The molecule has 0 spiro atoms. The van der Waals surface area contributed by atoms with Gasteiger partial charge in [-0.25, -0.2) is 9.97 Å². The molecular weight excluding hydrogens is 322 g/mol. The van der Waals surface area contributed by atoms with Crippen molar-refractivity contribution >= 4 is 28.9 Å². The van der Waals surface area contributed by atoms with E-state index in [-0.39, 0.29) is 0 Å². The smallest absolute Gasteiger partial charge is 0.136 e. The molecule has 128 valence electrons. The van der Waals surface area contributed by atoms with Crippen molar-refractivity contribution in [3.63, 3.8) is 0 Å². The summed E-state index contributed by atoms with van der Waals surface area (Å²) >= 11 is 6.11. The molecule has 0 amide bonds. The van der Waals surface area contributed by atoms with Gasteiger partial charge in [0.25, 0.3) is 0 Å². The number of likely N-dealkylation sites (N-methyl/N-ethyl adjacent to an activating group) is 1. The highest BCUT2D eigenvalue weighted by Gasteiger charge is 2.18. The van der Waals surface area contributed by atoms with Crippen LogP contribution in [0.2, 0.25) is 5.02 Å². The molecule has 1 aromatic carbocycles. The standard InChI is InChI=1S/C18H24ClN5/c1-4-23-7-9-24(10-8-23)18-12-17(20-14(3)21-18)22-16-11-15(19)6-5-13(16)2/h5-6,11-12H,4,7-10H2,1-3H3,(H,20,21,22). The number of halogens is 1. The summed E-state index contributed by atoms with van der Waals surface area (Å²) in [7, 11) is 0. The van der Waals surface area contributed by atoms with Crippen molar-refractivity contribution in [2.24, 2.45) is 0 Å². The van der Waals surface area contributed by atoms with E-state index in [1.807, 2.05) is 31.2 Å². The minimum Gasteiger partial charge on any atom is -0.354 e. The van der Waals surface area contributed by atoms with Crippen LogP contribution < -0.4 is 10.2 Å². The highest BCUT2D eigenvalue weighted by molar-refractivity contribution is 6.30. The zero-order valence-corrected chi connectivity index (χ0v) is 15.3. The molecular formula is C18H24ClN5. The summed E-state index contributed by atoms with van der Waals surface area (Å²) in [4.78, 5) is 13.9. The molecule has 1 aliphatic heterocycles. The average molecular weight is 346 g/mol. The van der Waals surface area contributed by atoms with Crippen LogP contribution in [0, 0.1) is 13.8 Å². The Labute approximate surface area is 148 Å². The summed E-state index contributed by atoms with van der Waals surface area (Å²) in [6.45, 7) is 11.5. The number of aromatic nitrogens is 2. The summed E-state index contributed by atoms with van der Waals surface area (Å²) in [5, 5.41) is 4.09. The summed E-state index contributed by atoms with van der Waals surface area (Å²) in [5.41, 5.74) is 2.11. The Morgan fingerprint density at radius 1 is 1.08 bits per heavy atom. The largest absolute Gasteiger partial charge is 0.354 e. The van der Waals surface area contributed by atoms with Gasteiger partial charge in [-0.1, -0.05) is 24.6 Å². The van der Waals surface area contributed by atoms with Crippen LogP contribution >= 0.6 is 11.6 Å². The molecule has 2 heterocycles. The molecule has 3 rings (SSSR count). The molecule has 0 atom stereocenters. The Morgan fingerprint density at radius 3 is 2.54 bits per heavy atom. The summed E-state index contributed by atoms with van der Waals surface area (Å²) in [5.74, 6) is 2.56. The number of aryl methyl sites for hydroxylation is 2. The lowest BCUT2D eigenvalue weighted by molar-refractivity contribution is 0.270. The van der Waals surface area contributed by atoms with Gasteiger partial charge >= 0.3 is 0 Å². The van der Waals surface area contributed by atoms with Crippen LogP contribution in [0.25, 0.3) is 0 Å². The second-order valence-electron chi connectivity index (χ2n) is 6.16. The van der Waals surface area contributed by atoms with E-state index in [2.05, 4.69) is 38.9 Å². The first-order valence-corrected chi connectivity index (χ1v) is 8.79. The van der Waals surface area contributed by atoms with Crippen molar-refractivity contribution in [3.05, 3.63) is 40.7 Å². The van der Waals surface area contributed by atoms with Gasteiger partial charge in [-0.3, -0.25) is 0 Å². The molecule has 24 heavy (non-hydrogen) atoms. The van der Waals surface area contributed by atoms with E-state index in [0.29, 0.717) is 5.02 Å². The van der Waals surface area contributed by atoms with Gasteiger partial charge < -0.3 is 15.1 Å². The molecule has 0 bridgehead atoms. The summed E-state index contributed by atoms with van der Waals surface area (Å²) in [6, 6.07) is 7.85. The van der Waals surface area contributed by atoms with E-state index >= 15 is 0 Å². The monoisotopic (exact) mass is 345 g/mol. The maximum atomic E-state index is 6.11. The van der Waals surface area contributed by atoms with E-state index < -0.39 is 0 Å². The molecule has 2 aromatic rings. The first kappa shape index (κ1) is 17.0. The number of hydrogen-bond donors (Lipinski definition) is 1. The van der Waals surface area contributed by atoms with Gasteiger partial charge in [-0.15, -0.1) is 0 Å². The van der Waals surface area contributed by atoms with Crippen molar-refractivity contribution in [2.75, 3.05) is 42.9 Å². The fourth-order valence-electron chi connectivity index (χ4n) is 2.94. The van der Waals surface area contributed by atoms with Crippen LogP contribution in [0.5, 0.6) is 0 Å². The second kappa shape index (κ2) is 7.36. The van der Waals surface area contributed by atoms with Gasteiger partial charge in [0.2, 0.25) is 0 Å². The van der Waals surface area contributed by atoms with Crippen LogP contribution in [-0.4, -0.2) is 47.6 Å². The highest BCUT2D eigenvalue weighted by atomic mass is 35.5. The van der Waals surface area contributed by atoms with Crippen molar-refractivity contribution in [1.82, 2.24) is 14.9 Å². The Bertz CT molecular complexity index is 711. The van der Waals surface area contributed by atoms with Gasteiger partial charge in [0, 0.05) is 43.0 Å². The second-order valence-corrected chi connectivity index (χ2v) is 6.60. The summed E-state index contributed by atoms with van der Waals surface area (Å²) in [6.07, 6.45) is 0. The number of piperazine rings is 1. The maximum absolute atomic E-state index is 6.11. The van der Waals surface area contributed by atoms with Gasteiger partial charge in [-0.2, -0.15) is 0 Å². The normalized spacial score (nSPS) is 15.6. The number of anilines is 3. The molecule has 6 heteroatoms. The van der Waals surface area contributed by atoms with Gasteiger partial charge in [0.1, 0.15) is 17.5 Å². The van der Waals surface area contributed by atoms with Crippen LogP contribution in [-0.2, 0) is 0 Å². The SMILES string of the molecule is CCN1CCN(c2cc(Nc3cc(Cl)ccc3C)nc(C)n2)CC1. The molecule has 1 fully saturated rings. The number of nitrogens with one attached hydrogen (secondary N) is 1. The van der Waals surface area contributed by atoms with Crippen LogP contribution in [0.15, 0.2) is 24.3 Å². The zero-order valence-electron chi connectivity index (χ0n) is 14.5. The van der Waals surface area contributed by atoms with Crippen molar-refractivity contribution in [3.8, 4) is 0 Å². The molecule has 0 radical (unpaired) electrons. The average Bonchev–Trinajstić information content (AvgIpc) is 2.58. The molecule has 0 unspecified atom stereocenters. The summed E-state index contributed by atoms with van der Waals surface area (Å²) < 4.78 is 0. The quantitative estimate of drug-likeness (QED) is 0.916. The minimum absolute atomic E-state index is 0.713. The van der Waals surface area contributed by atoms with Crippen molar-refractivity contribution in [2.45, 2.75) is 20.8 Å². The Morgan fingerprint density at radius 2 is 1.83 bits per heavy atom. The Balaban J connectivity index is 1.80. The van der Waals surface area contributed by atoms with Gasteiger partial charge in [0.15, 0.2) is 0 Å². The molecule has 1 saturated heterocycles. The fourth-order valence-corrected chi connectivity index (χ4v) is 3.11. The lowest BCUT2D eigenvalue weighted by atomic mass is 10.2. The van der Waals surface area contributed by atoms with Crippen LogP contribution in [0.1, 0.15) is 18.3 Å². The lowest BCUT2D eigenvalue weighted by Crippen LogP contribution is -2.46. The maximum Gasteiger partial charge on any atom is 0.136 e.